The molecular formula is C16H19FN2O. The quantitative estimate of drug-likeness (QED) is 0.933. The van der Waals surface area contributed by atoms with Crippen LogP contribution < -0.4 is 5.32 Å². The molecule has 3 nitrogen and oxygen atoms in total. The van der Waals surface area contributed by atoms with Gasteiger partial charge in [0.2, 0.25) is 0 Å². The average molecular weight is 274 g/mol. The molecule has 4 heteroatoms. The fourth-order valence-corrected chi connectivity index (χ4v) is 2.64. The van der Waals surface area contributed by atoms with Gasteiger partial charge in [0.1, 0.15) is 17.3 Å². The Bertz CT molecular complexity index is 581. The molecule has 1 N–H and O–H groups in total. The molecule has 0 bridgehead atoms. The Morgan fingerprint density at radius 1 is 1.30 bits per heavy atom. The second-order valence-electron chi connectivity index (χ2n) is 5.34. The minimum absolute atomic E-state index is 0.246. The molecule has 1 aliphatic heterocycles. The summed E-state index contributed by atoms with van der Waals surface area (Å²) in [7, 11) is 0. The fraction of sp³-hybridized carbons (Fsp3) is 0.375. The lowest BCUT2D eigenvalue weighted by molar-refractivity contribution is 0.187. The molecule has 2 aromatic rings. The van der Waals surface area contributed by atoms with Crippen LogP contribution in [-0.4, -0.2) is 30.6 Å². The highest BCUT2D eigenvalue weighted by atomic mass is 19.1. The van der Waals surface area contributed by atoms with E-state index in [-0.39, 0.29) is 5.82 Å². The topological polar surface area (TPSA) is 28.4 Å². The van der Waals surface area contributed by atoms with Crippen LogP contribution in [-0.2, 0) is 6.54 Å². The highest BCUT2D eigenvalue weighted by Gasteiger charge is 2.17. The standard InChI is InChI=1S/C16H19FN2O/c1-12-10-19(9-8-18-12)11-13-6-7-16(20-13)14-4-2-3-5-15(14)17/h2-7,12,18H,8-11H2,1H3. The first-order valence-electron chi connectivity index (χ1n) is 7.02. The normalized spacial score (nSPS) is 20.2. The van der Waals surface area contributed by atoms with Gasteiger partial charge >= 0.3 is 0 Å². The summed E-state index contributed by atoms with van der Waals surface area (Å²) >= 11 is 0. The highest BCUT2D eigenvalue weighted by molar-refractivity contribution is 5.58. The second-order valence-corrected chi connectivity index (χ2v) is 5.34. The summed E-state index contributed by atoms with van der Waals surface area (Å²) in [5.41, 5.74) is 0.521. The molecule has 1 aliphatic rings. The molecule has 0 aliphatic carbocycles. The largest absolute Gasteiger partial charge is 0.460 e. The molecule has 1 saturated heterocycles. The van der Waals surface area contributed by atoms with Gasteiger partial charge in [0, 0.05) is 25.7 Å². The van der Waals surface area contributed by atoms with Gasteiger partial charge in [0.25, 0.3) is 0 Å². The molecule has 20 heavy (non-hydrogen) atoms. The maximum absolute atomic E-state index is 13.7. The van der Waals surface area contributed by atoms with Crippen LogP contribution in [0.4, 0.5) is 4.39 Å². The van der Waals surface area contributed by atoms with E-state index < -0.39 is 0 Å². The Labute approximate surface area is 118 Å². The van der Waals surface area contributed by atoms with Crippen LogP contribution in [0, 0.1) is 5.82 Å². The van der Waals surface area contributed by atoms with Crippen LogP contribution in [0.1, 0.15) is 12.7 Å². The van der Waals surface area contributed by atoms with Crippen LogP contribution in [0.2, 0.25) is 0 Å². The summed E-state index contributed by atoms with van der Waals surface area (Å²) < 4.78 is 19.5. The monoisotopic (exact) mass is 274 g/mol. The van der Waals surface area contributed by atoms with Gasteiger partial charge in [-0.15, -0.1) is 0 Å². The summed E-state index contributed by atoms with van der Waals surface area (Å²) in [5, 5.41) is 3.41. The smallest absolute Gasteiger partial charge is 0.137 e. The first-order chi connectivity index (χ1) is 9.72. The number of hydrogen-bond donors (Lipinski definition) is 1. The molecule has 0 amide bonds. The van der Waals surface area contributed by atoms with Crippen molar-refractivity contribution in [1.29, 1.82) is 0 Å². The van der Waals surface area contributed by atoms with Gasteiger partial charge in [-0.05, 0) is 31.2 Å². The maximum Gasteiger partial charge on any atom is 0.137 e. The third kappa shape index (κ3) is 2.92. The van der Waals surface area contributed by atoms with Gasteiger partial charge in [-0.1, -0.05) is 12.1 Å². The lowest BCUT2D eigenvalue weighted by Crippen LogP contribution is -2.48. The van der Waals surface area contributed by atoms with Gasteiger partial charge in [0.15, 0.2) is 0 Å². The zero-order chi connectivity index (χ0) is 13.9. The Kier molecular flexibility index (Phi) is 3.85. The van der Waals surface area contributed by atoms with Gasteiger partial charge in [-0.2, -0.15) is 0 Å². The van der Waals surface area contributed by atoms with Gasteiger partial charge < -0.3 is 9.73 Å². The van der Waals surface area contributed by atoms with Crippen molar-refractivity contribution < 1.29 is 8.81 Å². The molecule has 0 saturated carbocycles. The van der Waals surface area contributed by atoms with Crippen molar-refractivity contribution in [3.63, 3.8) is 0 Å². The third-order valence-corrected chi connectivity index (χ3v) is 3.63. The molecule has 1 aromatic heterocycles. The van der Waals surface area contributed by atoms with Crippen molar-refractivity contribution in [2.24, 2.45) is 0 Å². The summed E-state index contributed by atoms with van der Waals surface area (Å²) in [6, 6.07) is 11.0. The Hall–Kier alpha value is -1.65. The molecule has 1 atom stereocenters. The van der Waals surface area contributed by atoms with E-state index in [1.54, 1.807) is 12.1 Å². The van der Waals surface area contributed by atoms with E-state index in [0.717, 1.165) is 31.9 Å². The second kappa shape index (κ2) is 5.77. The van der Waals surface area contributed by atoms with Gasteiger partial charge in [0.05, 0.1) is 12.1 Å². The van der Waals surface area contributed by atoms with Crippen molar-refractivity contribution in [3.05, 3.63) is 48.0 Å². The number of nitrogens with zero attached hydrogens (tertiary/aromatic N) is 1. The highest BCUT2D eigenvalue weighted by Crippen LogP contribution is 2.25. The molecule has 0 radical (unpaired) electrons. The Balaban J connectivity index is 1.72. The van der Waals surface area contributed by atoms with E-state index in [4.69, 9.17) is 4.42 Å². The van der Waals surface area contributed by atoms with E-state index in [1.165, 1.54) is 6.07 Å². The van der Waals surface area contributed by atoms with Crippen molar-refractivity contribution in [1.82, 2.24) is 10.2 Å². The number of piperazine rings is 1. The molecule has 3 rings (SSSR count). The van der Waals surface area contributed by atoms with E-state index in [0.29, 0.717) is 17.4 Å². The Morgan fingerprint density at radius 2 is 2.15 bits per heavy atom. The molecule has 1 aromatic carbocycles. The van der Waals surface area contributed by atoms with Crippen LogP contribution in [0.3, 0.4) is 0 Å². The summed E-state index contributed by atoms with van der Waals surface area (Å²) in [6.45, 7) is 5.98. The predicted molar refractivity (Wildman–Crippen MR) is 76.8 cm³/mol. The fourth-order valence-electron chi connectivity index (χ4n) is 2.64. The van der Waals surface area contributed by atoms with Gasteiger partial charge in [-0.3, -0.25) is 4.90 Å². The lowest BCUT2D eigenvalue weighted by Gasteiger charge is -2.31. The van der Waals surface area contributed by atoms with Crippen LogP contribution in [0.5, 0.6) is 0 Å². The van der Waals surface area contributed by atoms with Crippen LogP contribution in [0.25, 0.3) is 11.3 Å². The molecule has 1 unspecified atom stereocenters. The van der Waals surface area contributed by atoms with Crippen molar-refractivity contribution in [2.45, 2.75) is 19.5 Å². The first-order valence-corrected chi connectivity index (χ1v) is 7.02. The molecular weight excluding hydrogens is 255 g/mol. The summed E-state index contributed by atoms with van der Waals surface area (Å²) in [4.78, 5) is 2.35. The number of halogens is 1. The molecule has 106 valence electrons. The molecule has 2 heterocycles. The molecule has 1 fully saturated rings. The van der Waals surface area contributed by atoms with E-state index in [1.807, 2.05) is 18.2 Å². The maximum atomic E-state index is 13.7. The number of nitrogens with one attached hydrogen (secondary N) is 1. The third-order valence-electron chi connectivity index (χ3n) is 3.63. The molecule has 0 spiro atoms. The zero-order valence-corrected chi connectivity index (χ0v) is 11.6. The van der Waals surface area contributed by atoms with Crippen LogP contribution >= 0.6 is 0 Å². The summed E-state index contributed by atoms with van der Waals surface area (Å²) in [5.74, 6) is 1.24. The van der Waals surface area contributed by atoms with E-state index in [2.05, 4.69) is 17.1 Å². The Morgan fingerprint density at radius 3 is 2.95 bits per heavy atom. The SMILES string of the molecule is CC1CN(Cc2ccc(-c3ccccc3F)o2)CCN1. The number of rotatable bonds is 3. The van der Waals surface area contributed by atoms with Crippen LogP contribution in [0.15, 0.2) is 40.8 Å². The zero-order valence-electron chi connectivity index (χ0n) is 11.6. The first kappa shape index (κ1) is 13.3. The van der Waals surface area contributed by atoms with Crippen molar-refractivity contribution in [3.8, 4) is 11.3 Å². The minimum Gasteiger partial charge on any atom is -0.460 e. The lowest BCUT2D eigenvalue weighted by atomic mass is 10.1. The number of benzene rings is 1. The minimum atomic E-state index is -0.246. The summed E-state index contributed by atoms with van der Waals surface area (Å²) in [6.07, 6.45) is 0. The number of furan rings is 1. The van der Waals surface area contributed by atoms with Crippen molar-refractivity contribution >= 4 is 0 Å². The van der Waals surface area contributed by atoms with Crippen molar-refractivity contribution in [2.75, 3.05) is 19.6 Å². The van der Waals surface area contributed by atoms with Gasteiger partial charge in [-0.25, -0.2) is 4.39 Å². The number of hydrogen-bond acceptors (Lipinski definition) is 3. The predicted octanol–water partition coefficient (Wildman–Crippen LogP) is 2.88. The van der Waals surface area contributed by atoms with E-state index >= 15 is 0 Å². The average Bonchev–Trinajstić information content (AvgIpc) is 2.87. The van der Waals surface area contributed by atoms with E-state index in [9.17, 15) is 4.39 Å².